The van der Waals surface area contributed by atoms with Crippen LogP contribution in [0.3, 0.4) is 0 Å². The molecule has 0 aromatic heterocycles. The summed E-state index contributed by atoms with van der Waals surface area (Å²) in [6.45, 7) is 10.6. The van der Waals surface area contributed by atoms with E-state index in [9.17, 15) is 4.79 Å². The second-order valence-electron chi connectivity index (χ2n) is 5.05. The van der Waals surface area contributed by atoms with Crippen LogP contribution in [0.15, 0.2) is 0 Å². The van der Waals surface area contributed by atoms with Gasteiger partial charge >= 0.3 is 0 Å². The number of rotatable bonds is 8. The molecular weight excluding hydrogens is 297 g/mol. The van der Waals surface area contributed by atoms with Crippen LogP contribution in [0.2, 0.25) is 0 Å². The zero-order chi connectivity index (χ0) is 13.2. The lowest BCUT2D eigenvalue weighted by Gasteiger charge is -2.22. The first-order valence-electron chi connectivity index (χ1n) is 7.48. The van der Waals surface area contributed by atoms with Gasteiger partial charge < -0.3 is 15.5 Å². The lowest BCUT2D eigenvalue weighted by atomic mass is 9.97. The van der Waals surface area contributed by atoms with Crippen LogP contribution >= 0.6 is 24.8 Å². The number of amides is 1. The van der Waals surface area contributed by atoms with E-state index in [-0.39, 0.29) is 36.6 Å². The number of nitrogens with one attached hydrogen (secondary N) is 2. The van der Waals surface area contributed by atoms with Crippen LogP contribution in [-0.4, -0.2) is 50.1 Å². The molecule has 1 heterocycles. The molecule has 0 aromatic rings. The molecule has 1 fully saturated rings. The van der Waals surface area contributed by atoms with Crippen LogP contribution in [0.1, 0.15) is 39.5 Å². The molecule has 0 aliphatic carbocycles. The Morgan fingerprint density at radius 3 is 2.30 bits per heavy atom. The first-order valence-corrected chi connectivity index (χ1v) is 7.48. The molecule has 0 radical (unpaired) electrons. The maximum Gasteiger partial charge on any atom is 0.223 e. The maximum absolute atomic E-state index is 11.9. The fraction of sp³-hybridized carbons (Fsp3) is 0.929. The van der Waals surface area contributed by atoms with Crippen molar-refractivity contribution in [2.75, 3.05) is 39.3 Å². The number of carbonyl (C=O) groups is 1. The van der Waals surface area contributed by atoms with Gasteiger partial charge in [-0.25, -0.2) is 0 Å². The van der Waals surface area contributed by atoms with Crippen molar-refractivity contribution in [3.8, 4) is 0 Å². The average Bonchev–Trinajstić information content (AvgIpc) is 2.43. The summed E-state index contributed by atoms with van der Waals surface area (Å²) in [4.78, 5) is 14.3. The molecule has 122 valence electrons. The van der Waals surface area contributed by atoms with Crippen molar-refractivity contribution in [1.82, 2.24) is 15.5 Å². The molecule has 0 saturated carbocycles. The largest absolute Gasteiger partial charge is 0.356 e. The van der Waals surface area contributed by atoms with Gasteiger partial charge in [-0.15, -0.1) is 24.8 Å². The van der Waals surface area contributed by atoms with E-state index in [0.717, 1.165) is 58.5 Å². The molecular formula is C14H31Cl2N3O. The summed E-state index contributed by atoms with van der Waals surface area (Å²) in [5.74, 6) is 0.508. The third-order valence-corrected chi connectivity index (χ3v) is 3.80. The van der Waals surface area contributed by atoms with Gasteiger partial charge in [0.25, 0.3) is 0 Å². The standard InChI is InChI=1S/C14H29N3O.2ClH/c1-3-17(4-2)12-6-5-9-16-14(18)13-7-10-15-11-8-13;;/h13,15H,3-12H2,1-2H3,(H,16,18);2*1H. The Labute approximate surface area is 136 Å². The molecule has 1 rings (SSSR count). The SMILES string of the molecule is CCN(CC)CCCCNC(=O)C1CCNCC1.Cl.Cl. The van der Waals surface area contributed by atoms with E-state index in [1.54, 1.807) is 0 Å². The van der Waals surface area contributed by atoms with Gasteiger partial charge in [0.05, 0.1) is 0 Å². The van der Waals surface area contributed by atoms with Gasteiger partial charge in [-0.05, 0) is 58.4 Å². The Kier molecular flexibility index (Phi) is 15.5. The van der Waals surface area contributed by atoms with E-state index < -0.39 is 0 Å². The molecule has 4 nitrogen and oxygen atoms in total. The van der Waals surface area contributed by atoms with Gasteiger partial charge in [0, 0.05) is 12.5 Å². The molecule has 6 heteroatoms. The monoisotopic (exact) mass is 327 g/mol. The van der Waals surface area contributed by atoms with Gasteiger partial charge in [0.1, 0.15) is 0 Å². The summed E-state index contributed by atoms with van der Waals surface area (Å²) in [5.41, 5.74) is 0. The zero-order valence-electron chi connectivity index (χ0n) is 12.8. The molecule has 2 N–H and O–H groups in total. The fourth-order valence-electron chi connectivity index (χ4n) is 2.44. The predicted molar refractivity (Wildman–Crippen MR) is 90.1 cm³/mol. The third-order valence-electron chi connectivity index (χ3n) is 3.80. The lowest BCUT2D eigenvalue weighted by molar-refractivity contribution is -0.125. The van der Waals surface area contributed by atoms with Crippen molar-refractivity contribution >= 4 is 30.7 Å². The average molecular weight is 328 g/mol. The van der Waals surface area contributed by atoms with Crippen LogP contribution in [0.25, 0.3) is 0 Å². The van der Waals surface area contributed by atoms with Crippen molar-refractivity contribution < 1.29 is 4.79 Å². The Balaban J connectivity index is 0. The Morgan fingerprint density at radius 1 is 1.15 bits per heavy atom. The van der Waals surface area contributed by atoms with E-state index in [2.05, 4.69) is 29.4 Å². The molecule has 0 bridgehead atoms. The van der Waals surface area contributed by atoms with Crippen molar-refractivity contribution in [2.24, 2.45) is 5.92 Å². The number of hydrogen-bond donors (Lipinski definition) is 2. The first kappa shape index (κ1) is 22.3. The van der Waals surface area contributed by atoms with Crippen molar-refractivity contribution in [1.29, 1.82) is 0 Å². The van der Waals surface area contributed by atoms with Crippen molar-refractivity contribution in [3.63, 3.8) is 0 Å². The second-order valence-corrected chi connectivity index (χ2v) is 5.05. The molecule has 0 atom stereocenters. The predicted octanol–water partition coefficient (Wildman–Crippen LogP) is 2.07. The minimum Gasteiger partial charge on any atom is -0.356 e. The lowest BCUT2D eigenvalue weighted by Crippen LogP contribution is -2.38. The highest BCUT2D eigenvalue weighted by Gasteiger charge is 2.19. The van der Waals surface area contributed by atoms with Gasteiger partial charge in [0.2, 0.25) is 5.91 Å². The Morgan fingerprint density at radius 2 is 1.75 bits per heavy atom. The molecule has 0 aromatic carbocycles. The number of piperidine rings is 1. The number of nitrogens with zero attached hydrogens (tertiary/aromatic N) is 1. The van der Waals surface area contributed by atoms with Gasteiger partial charge in [-0.3, -0.25) is 4.79 Å². The molecule has 0 unspecified atom stereocenters. The van der Waals surface area contributed by atoms with E-state index >= 15 is 0 Å². The first-order chi connectivity index (χ1) is 8.77. The fourth-order valence-corrected chi connectivity index (χ4v) is 2.44. The smallest absolute Gasteiger partial charge is 0.223 e. The minimum absolute atomic E-state index is 0. The van der Waals surface area contributed by atoms with Crippen LogP contribution in [0.5, 0.6) is 0 Å². The summed E-state index contributed by atoms with van der Waals surface area (Å²) in [7, 11) is 0. The van der Waals surface area contributed by atoms with Crippen LogP contribution in [-0.2, 0) is 4.79 Å². The topological polar surface area (TPSA) is 44.4 Å². The summed E-state index contributed by atoms with van der Waals surface area (Å²) in [6.07, 6.45) is 4.25. The molecule has 1 aliphatic rings. The Bertz CT molecular complexity index is 232. The summed E-state index contributed by atoms with van der Waals surface area (Å²) < 4.78 is 0. The van der Waals surface area contributed by atoms with Crippen LogP contribution in [0, 0.1) is 5.92 Å². The summed E-state index contributed by atoms with van der Waals surface area (Å²) in [5, 5.41) is 6.36. The third kappa shape index (κ3) is 9.01. The number of halogens is 2. The van der Waals surface area contributed by atoms with Gasteiger partial charge in [-0.2, -0.15) is 0 Å². The van der Waals surface area contributed by atoms with E-state index in [0.29, 0.717) is 0 Å². The normalized spacial score (nSPS) is 15.3. The molecule has 1 saturated heterocycles. The highest BCUT2D eigenvalue weighted by molar-refractivity contribution is 5.85. The molecule has 20 heavy (non-hydrogen) atoms. The number of unbranched alkanes of at least 4 members (excludes halogenated alkanes) is 1. The summed E-state index contributed by atoms with van der Waals surface area (Å²) >= 11 is 0. The number of carbonyl (C=O) groups excluding carboxylic acids is 1. The minimum atomic E-state index is 0. The van der Waals surface area contributed by atoms with Crippen LogP contribution < -0.4 is 10.6 Å². The maximum atomic E-state index is 11.9. The molecule has 0 spiro atoms. The zero-order valence-corrected chi connectivity index (χ0v) is 14.5. The second kappa shape index (κ2) is 13.9. The Hall–Kier alpha value is -0.0300. The molecule has 1 amide bonds. The van der Waals surface area contributed by atoms with Crippen LogP contribution in [0.4, 0.5) is 0 Å². The number of hydrogen-bond acceptors (Lipinski definition) is 3. The van der Waals surface area contributed by atoms with E-state index in [1.165, 1.54) is 6.42 Å². The van der Waals surface area contributed by atoms with Gasteiger partial charge in [0.15, 0.2) is 0 Å². The quantitative estimate of drug-likeness (QED) is 0.671. The summed E-state index contributed by atoms with van der Waals surface area (Å²) in [6, 6.07) is 0. The highest BCUT2D eigenvalue weighted by Crippen LogP contribution is 2.11. The van der Waals surface area contributed by atoms with E-state index in [1.807, 2.05) is 0 Å². The van der Waals surface area contributed by atoms with Crippen molar-refractivity contribution in [3.05, 3.63) is 0 Å². The highest BCUT2D eigenvalue weighted by atomic mass is 35.5. The van der Waals surface area contributed by atoms with Crippen molar-refractivity contribution in [2.45, 2.75) is 39.5 Å². The molecule has 1 aliphatic heterocycles. The van der Waals surface area contributed by atoms with Gasteiger partial charge in [-0.1, -0.05) is 13.8 Å². The van der Waals surface area contributed by atoms with E-state index in [4.69, 9.17) is 0 Å².